The first kappa shape index (κ1) is 14.4. The lowest BCUT2D eigenvalue weighted by Gasteiger charge is -2.33. The molecule has 0 fully saturated rings. The van der Waals surface area contributed by atoms with Crippen molar-refractivity contribution in [3.8, 4) is 0 Å². The van der Waals surface area contributed by atoms with Crippen LogP contribution in [0.5, 0.6) is 0 Å². The maximum Gasteiger partial charge on any atom is 0.240 e. The molecule has 0 saturated carbocycles. The lowest BCUT2D eigenvalue weighted by molar-refractivity contribution is -0.135. The fourth-order valence-corrected chi connectivity index (χ4v) is 1.61. The minimum atomic E-state index is -0.414. The molecule has 0 heterocycles. The number of hydrogen-bond donors (Lipinski definition) is 1. The summed E-state index contributed by atoms with van der Waals surface area (Å²) in [5.41, 5.74) is 5.78. The zero-order chi connectivity index (χ0) is 12.2. The third-order valence-electron chi connectivity index (χ3n) is 3.04. The van der Waals surface area contributed by atoms with Crippen molar-refractivity contribution in [1.82, 2.24) is 4.90 Å². The van der Waals surface area contributed by atoms with Gasteiger partial charge in [0.2, 0.25) is 5.91 Å². The van der Waals surface area contributed by atoms with Crippen LogP contribution in [0.15, 0.2) is 0 Å². The molecule has 15 heavy (non-hydrogen) atoms. The molecule has 0 aromatic rings. The first-order valence-corrected chi connectivity index (χ1v) is 5.77. The molecule has 3 heteroatoms. The second-order valence-corrected chi connectivity index (χ2v) is 5.26. The van der Waals surface area contributed by atoms with Crippen molar-refractivity contribution in [2.24, 2.45) is 11.1 Å². The SMILES string of the molecule is CCC(CC)N(C)C(=O)[C@@H](N)C(C)(C)C. The third-order valence-corrected chi connectivity index (χ3v) is 3.04. The predicted molar refractivity (Wildman–Crippen MR) is 64.6 cm³/mol. The number of likely N-dealkylation sites (N-methyl/N-ethyl adjacent to an activating group) is 1. The molecule has 0 radical (unpaired) electrons. The molecule has 0 aromatic carbocycles. The zero-order valence-corrected chi connectivity index (χ0v) is 11.0. The summed E-state index contributed by atoms with van der Waals surface area (Å²) in [6.07, 6.45) is 1.96. The van der Waals surface area contributed by atoms with Gasteiger partial charge in [0, 0.05) is 13.1 Å². The number of hydrogen-bond acceptors (Lipinski definition) is 2. The highest BCUT2D eigenvalue weighted by Crippen LogP contribution is 2.20. The minimum Gasteiger partial charge on any atom is -0.341 e. The normalized spacial score (nSPS) is 14.1. The largest absolute Gasteiger partial charge is 0.341 e. The van der Waals surface area contributed by atoms with Crippen LogP contribution in [0.25, 0.3) is 0 Å². The number of amides is 1. The molecular formula is C12H26N2O. The molecule has 0 aromatic heterocycles. The van der Waals surface area contributed by atoms with Crippen LogP contribution in [0, 0.1) is 5.41 Å². The minimum absolute atomic E-state index is 0.0520. The molecule has 0 aliphatic heterocycles. The van der Waals surface area contributed by atoms with E-state index in [1.54, 1.807) is 4.90 Å². The van der Waals surface area contributed by atoms with Gasteiger partial charge in [-0.2, -0.15) is 0 Å². The molecule has 2 N–H and O–H groups in total. The van der Waals surface area contributed by atoms with Crippen LogP contribution in [-0.2, 0) is 4.79 Å². The first-order chi connectivity index (χ1) is 6.75. The maximum atomic E-state index is 12.0. The average molecular weight is 214 g/mol. The van der Waals surface area contributed by atoms with E-state index in [0.29, 0.717) is 6.04 Å². The summed E-state index contributed by atoms with van der Waals surface area (Å²) in [6, 6.07) is -0.103. The van der Waals surface area contributed by atoms with Gasteiger partial charge >= 0.3 is 0 Å². The second-order valence-electron chi connectivity index (χ2n) is 5.26. The summed E-state index contributed by atoms with van der Waals surface area (Å²) >= 11 is 0. The van der Waals surface area contributed by atoms with E-state index in [1.807, 2.05) is 27.8 Å². The highest BCUT2D eigenvalue weighted by Gasteiger charge is 2.31. The van der Waals surface area contributed by atoms with Crippen LogP contribution >= 0.6 is 0 Å². The number of rotatable bonds is 4. The van der Waals surface area contributed by atoms with Crippen molar-refractivity contribution in [2.75, 3.05) is 7.05 Å². The summed E-state index contributed by atoms with van der Waals surface area (Å²) in [4.78, 5) is 13.9. The van der Waals surface area contributed by atoms with Gasteiger partial charge < -0.3 is 10.6 Å². The molecule has 0 rings (SSSR count). The van der Waals surface area contributed by atoms with Gasteiger partial charge in [-0.15, -0.1) is 0 Å². The average Bonchev–Trinajstić information content (AvgIpc) is 2.15. The molecule has 1 amide bonds. The Hall–Kier alpha value is -0.570. The van der Waals surface area contributed by atoms with E-state index in [9.17, 15) is 4.79 Å². The number of carbonyl (C=O) groups excluding carboxylic acids is 1. The van der Waals surface area contributed by atoms with Gasteiger partial charge in [-0.1, -0.05) is 34.6 Å². The summed E-state index contributed by atoms with van der Waals surface area (Å²) in [7, 11) is 1.85. The first-order valence-electron chi connectivity index (χ1n) is 5.77. The Labute approximate surface area is 94.0 Å². The van der Waals surface area contributed by atoms with Gasteiger partial charge in [0.25, 0.3) is 0 Å². The molecular weight excluding hydrogens is 188 g/mol. The Kier molecular flexibility index (Phi) is 5.29. The van der Waals surface area contributed by atoms with Crippen molar-refractivity contribution < 1.29 is 4.79 Å². The van der Waals surface area contributed by atoms with E-state index in [1.165, 1.54) is 0 Å². The Morgan fingerprint density at radius 2 is 1.67 bits per heavy atom. The molecule has 0 bridgehead atoms. The summed E-state index contributed by atoms with van der Waals surface area (Å²) in [5, 5.41) is 0. The van der Waals surface area contributed by atoms with E-state index in [0.717, 1.165) is 12.8 Å². The summed E-state index contributed by atoms with van der Waals surface area (Å²) in [6.45, 7) is 10.2. The van der Waals surface area contributed by atoms with Crippen molar-refractivity contribution in [3.05, 3.63) is 0 Å². The zero-order valence-electron chi connectivity index (χ0n) is 11.0. The number of carbonyl (C=O) groups is 1. The summed E-state index contributed by atoms with van der Waals surface area (Å²) in [5.74, 6) is 0.0520. The summed E-state index contributed by atoms with van der Waals surface area (Å²) < 4.78 is 0. The molecule has 0 aliphatic carbocycles. The maximum absolute atomic E-state index is 12.0. The second kappa shape index (κ2) is 5.50. The molecule has 90 valence electrons. The van der Waals surface area contributed by atoms with Crippen molar-refractivity contribution in [2.45, 2.75) is 59.5 Å². The van der Waals surface area contributed by atoms with E-state index >= 15 is 0 Å². The van der Waals surface area contributed by atoms with E-state index < -0.39 is 6.04 Å². The molecule has 0 spiro atoms. The van der Waals surface area contributed by atoms with Crippen molar-refractivity contribution >= 4 is 5.91 Å². The Bertz CT molecular complexity index is 204. The Morgan fingerprint density at radius 1 is 1.27 bits per heavy atom. The lowest BCUT2D eigenvalue weighted by Crippen LogP contribution is -2.51. The third kappa shape index (κ3) is 3.82. The smallest absolute Gasteiger partial charge is 0.240 e. The molecule has 3 nitrogen and oxygen atoms in total. The van der Waals surface area contributed by atoms with Gasteiger partial charge in [-0.25, -0.2) is 0 Å². The molecule has 0 saturated heterocycles. The van der Waals surface area contributed by atoms with Gasteiger partial charge in [-0.3, -0.25) is 4.79 Å². The van der Waals surface area contributed by atoms with Crippen LogP contribution in [0.4, 0.5) is 0 Å². The predicted octanol–water partition coefficient (Wildman–Crippen LogP) is 2.01. The number of nitrogens with two attached hydrogens (primary N) is 1. The van der Waals surface area contributed by atoms with Crippen molar-refractivity contribution in [3.63, 3.8) is 0 Å². The van der Waals surface area contributed by atoms with Gasteiger partial charge in [0.15, 0.2) is 0 Å². The van der Waals surface area contributed by atoms with Crippen LogP contribution in [-0.4, -0.2) is 29.9 Å². The number of nitrogens with zero attached hydrogens (tertiary/aromatic N) is 1. The Morgan fingerprint density at radius 3 is 1.93 bits per heavy atom. The van der Waals surface area contributed by atoms with Gasteiger partial charge in [0.05, 0.1) is 6.04 Å². The monoisotopic (exact) mass is 214 g/mol. The van der Waals surface area contributed by atoms with Crippen LogP contribution < -0.4 is 5.73 Å². The highest BCUT2D eigenvalue weighted by molar-refractivity contribution is 5.82. The van der Waals surface area contributed by atoms with E-state index in [-0.39, 0.29) is 11.3 Å². The van der Waals surface area contributed by atoms with Crippen molar-refractivity contribution in [1.29, 1.82) is 0 Å². The van der Waals surface area contributed by atoms with Crippen LogP contribution in [0.2, 0.25) is 0 Å². The molecule has 0 aliphatic rings. The van der Waals surface area contributed by atoms with Gasteiger partial charge in [0.1, 0.15) is 0 Å². The molecule has 0 unspecified atom stereocenters. The van der Waals surface area contributed by atoms with E-state index in [2.05, 4.69) is 13.8 Å². The lowest BCUT2D eigenvalue weighted by atomic mass is 9.86. The highest BCUT2D eigenvalue weighted by atomic mass is 16.2. The van der Waals surface area contributed by atoms with E-state index in [4.69, 9.17) is 5.73 Å². The fourth-order valence-electron chi connectivity index (χ4n) is 1.61. The van der Waals surface area contributed by atoms with Crippen LogP contribution in [0.3, 0.4) is 0 Å². The molecule has 1 atom stereocenters. The quantitative estimate of drug-likeness (QED) is 0.778. The van der Waals surface area contributed by atoms with Crippen LogP contribution in [0.1, 0.15) is 47.5 Å². The van der Waals surface area contributed by atoms with Gasteiger partial charge in [-0.05, 0) is 18.3 Å². The fraction of sp³-hybridized carbons (Fsp3) is 0.917. The topological polar surface area (TPSA) is 46.3 Å². The Balaban J connectivity index is 4.57. The standard InChI is InChI=1S/C12H26N2O/c1-7-9(8-2)14(6)11(15)10(13)12(3,4)5/h9-10H,7-8,13H2,1-6H3/t10-/m1/s1.